The number of nitrogen functional groups attached to an aromatic ring is 1. The Hall–Kier alpha value is -1.64. The molecule has 0 saturated carbocycles. The Morgan fingerprint density at radius 1 is 1.40 bits per heavy atom. The van der Waals surface area contributed by atoms with E-state index in [4.69, 9.17) is 10.5 Å². The van der Waals surface area contributed by atoms with Gasteiger partial charge in [-0.2, -0.15) is 0 Å². The van der Waals surface area contributed by atoms with E-state index in [-0.39, 0.29) is 29.3 Å². The van der Waals surface area contributed by atoms with Crippen LogP contribution in [0, 0.1) is 0 Å². The Bertz CT molecular complexity index is 571. The van der Waals surface area contributed by atoms with Crippen LogP contribution in [-0.4, -0.2) is 41.3 Å². The minimum absolute atomic E-state index is 0.0168. The number of anilines is 1. The molecule has 1 aromatic carbocycles. The lowest BCUT2D eigenvalue weighted by Crippen LogP contribution is -2.28. The lowest BCUT2D eigenvalue weighted by molar-refractivity contribution is 0.0600. The summed E-state index contributed by atoms with van der Waals surface area (Å²) in [6.45, 7) is 2.75. The molecule has 0 aliphatic rings. The first-order valence-corrected chi connectivity index (χ1v) is 7.46. The van der Waals surface area contributed by atoms with Gasteiger partial charge in [0.1, 0.15) is 4.90 Å². The second-order valence-corrected chi connectivity index (χ2v) is 5.57. The zero-order chi connectivity index (χ0) is 15.2. The van der Waals surface area contributed by atoms with Gasteiger partial charge in [0.2, 0.25) is 10.0 Å². The lowest BCUT2D eigenvalue weighted by Gasteiger charge is -2.10. The molecule has 0 unspecified atom stereocenters. The van der Waals surface area contributed by atoms with Crippen LogP contribution in [-0.2, 0) is 19.5 Å². The summed E-state index contributed by atoms with van der Waals surface area (Å²) >= 11 is 0. The SMILES string of the molecule is CCOCCNS(=O)(=O)c1ccc(C(=O)OC)cc1N. The average molecular weight is 302 g/mol. The van der Waals surface area contributed by atoms with Crippen molar-refractivity contribution in [1.29, 1.82) is 0 Å². The van der Waals surface area contributed by atoms with E-state index in [1.807, 2.05) is 6.92 Å². The van der Waals surface area contributed by atoms with Gasteiger partial charge in [-0.05, 0) is 25.1 Å². The van der Waals surface area contributed by atoms with Crippen molar-refractivity contribution in [3.63, 3.8) is 0 Å². The summed E-state index contributed by atoms with van der Waals surface area (Å²) in [6, 6.07) is 3.88. The molecule has 0 bridgehead atoms. The van der Waals surface area contributed by atoms with Gasteiger partial charge in [-0.25, -0.2) is 17.9 Å². The van der Waals surface area contributed by atoms with Gasteiger partial charge in [-0.1, -0.05) is 0 Å². The Labute approximate surface area is 118 Å². The Morgan fingerprint density at radius 2 is 2.10 bits per heavy atom. The fourth-order valence-corrected chi connectivity index (χ4v) is 2.63. The third kappa shape index (κ3) is 4.19. The first-order valence-electron chi connectivity index (χ1n) is 5.97. The predicted molar refractivity (Wildman–Crippen MR) is 73.9 cm³/mol. The van der Waals surface area contributed by atoms with Gasteiger partial charge in [0, 0.05) is 13.2 Å². The van der Waals surface area contributed by atoms with Crippen LogP contribution in [0.25, 0.3) is 0 Å². The van der Waals surface area contributed by atoms with Gasteiger partial charge in [-0.15, -0.1) is 0 Å². The fraction of sp³-hybridized carbons (Fsp3) is 0.417. The van der Waals surface area contributed by atoms with E-state index in [2.05, 4.69) is 9.46 Å². The van der Waals surface area contributed by atoms with E-state index >= 15 is 0 Å². The number of methoxy groups -OCH3 is 1. The van der Waals surface area contributed by atoms with Crippen LogP contribution in [0.4, 0.5) is 5.69 Å². The number of esters is 1. The summed E-state index contributed by atoms with van der Waals surface area (Å²) < 4.78 is 35.9. The third-order valence-corrected chi connectivity index (χ3v) is 4.00. The molecule has 0 aliphatic heterocycles. The van der Waals surface area contributed by atoms with Crippen molar-refractivity contribution in [3.8, 4) is 0 Å². The molecule has 0 atom stereocenters. The maximum Gasteiger partial charge on any atom is 0.337 e. The number of carbonyl (C=O) groups excluding carboxylic acids is 1. The second kappa shape index (κ2) is 7.22. The van der Waals surface area contributed by atoms with Gasteiger partial charge < -0.3 is 15.2 Å². The molecule has 0 aromatic heterocycles. The van der Waals surface area contributed by atoms with Crippen molar-refractivity contribution in [2.45, 2.75) is 11.8 Å². The van der Waals surface area contributed by atoms with Crippen molar-refractivity contribution in [3.05, 3.63) is 23.8 Å². The van der Waals surface area contributed by atoms with Crippen molar-refractivity contribution in [1.82, 2.24) is 4.72 Å². The van der Waals surface area contributed by atoms with E-state index in [1.165, 1.54) is 25.3 Å². The van der Waals surface area contributed by atoms with Crippen LogP contribution >= 0.6 is 0 Å². The van der Waals surface area contributed by atoms with E-state index in [0.717, 1.165) is 0 Å². The first kappa shape index (κ1) is 16.4. The van der Waals surface area contributed by atoms with Gasteiger partial charge in [0.15, 0.2) is 0 Å². The Balaban J connectivity index is 2.88. The monoisotopic (exact) mass is 302 g/mol. The predicted octanol–water partition coefficient (Wildman–Crippen LogP) is 0.370. The molecule has 8 heteroatoms. The second-order valence-electron chi connectivity index (χ2n) is 3.84. The molecule has 0 amide bonds. The van der Waals surface area contributed by atoms with Crippen LogP contribution in [0.5, 0.6) is 0 Å². The Kier molecular flexibility index (Phi) is 5.93. The number of sulfonamides is 1. The molecule has 0 radical (unpaired) electrons. The van der Waals surface area contributed by atoms with Gasteiger partial charge >= 0.3 is 5.97 Å². The summed E-state index contributed by atoms with van der Waals surface area (Å²) in [6.07, 6.45) is 0. The van der Waals surface area contributed by atoms with Crippen molar-refractivity contribution < 1.29 is 22.7 Å². The molecule has 1 rings (SSSR count). The highest BCUT2D eigenvalue weighted by molar-refractivity contribution is 7.89. The van der Waals surface area contributed by atoms with E-state index in [0.29, 0.717) is 6.61 Å². The molecular formula is C12H18N2O5S. The highest BCUT2D eigenvalue weighted by atomic mass is 32.2. The first-order chi connectivity index (χ1) is 9.42. The summed E-state index contributed by atoms with van der Waals surface area (Å²) in [7, 11) is -2.49. The van der Waals surface area contributed by atoms with Crippen molar-refractivity contribution in [2.24, 2.45) is 0 Å². The molecule has 112 valence electrons. The molecular weight excluding hydrogens is 284 g/mol. The van der Waals surface area contributed by atoms with E-state index < -0.39 is 16.0 Å². The van der Waals surface area contributed by atoms with Crippen LogP contribution in [0.3, 0.4) is 0 Å². The fourth-order valence-electron chi connectivity index (χ4n) is 1.51. The van der Waals surface area contributed by atoms with Crippen molar-refractivity contribution >= 4 is 21.7 Å². The van der Waals surface area contributed by atoms with Crippen molar-refractivity contribution in [2.75, 3.05) is 32.6 Å². The molecule has 0 saturated heterocycles. The third-order valence-electron chi connectivity index (χ3n) is 2.46. The summed E-state index contributed by atoms with van der Waals surface area (Å²) in [5.41, 5.74) is 5.85. The van der Waals surface area contributed by atoms with E-state index in [9.17, 15) is 13.2 Å². The standard InChI is InChI=1S/C12H18N2O5S/c1-3-19-7-6-14-20(16,17)11-5-4-9(8-10(11)13)12(15)18-2/h4-5,8,14H,3,6-7,13H2,1-2H3. The summed E-state index contributed by atoms with van der Waals surface area (Å²) in [5, 5.41) is 0. The Morgan fingerprint density at radius 3 is 2.65 bits per heavy atom. The largest absolute Gasteiger partial charge is 0.465 e. The van der Waals surface area contributed by atoms with Gasteiger partial charge in [0.25, 0.3) is 0 Å². The molecule has 0 aliphatic carbocycles. The van der Waals surface area contributed by atoms with Crippen LogP contribution in [0.2, 0.25) is 0 Å². The zero-order valence-corrected chi connectivity index (χ0v) is 12.2. The maximum atomic E-state index is 12.0. The van der Waals surface area contributed by atoms with Gasteiger partial charge in [-0.3, -0.25) is 0 Å². The maximum absolute atomic E-state index is 12.0. The zero-order valence-electron chi connectivity index (χ0n) is 11.4. The van der Waals surface area contributed by atoms with E-state index in [1.54, 1.807) is 0 Å². The smallest absolute Gasteiger partial charge is 0.337 e. The highest BCUT2D eigenvalue weighted by Crippen LogP contribution is 2.20. The summed E-state index contributed by atoms with van der Waals surface area (Å²) in [5.74, 6) is -0.579. The van der Waals surface area contributed by atoms with Gasteiger partial charge in [0.05, 0.1) is 25.0 Å². The molecule has 7 nitrogen and oxygen atoms in total. The normalized spacial score (nSPS) is 11.3. The molecule has 20 heavy (non-hydrogen) atoms. The van der Waals surface area contributed by atoms with Crippen LogP contribution < -0.4 is 10.5 Å². The quantitative estimate of drug-likeness (QED) is 0.428. The lowest BCUT2D eigenvalue weighted by atomic mass is 10.2. The van der Waals surface area contributed by atoms with Crippen LogP contribution in [0.1, 0.15) is 17.3 Å². The average Bonchev–Trinajstić information content (AvgIpc) is 2.42. The number of hydrogen-bond donors (Lipinski definition) is 2. The number of rotatable bonds is 7. The molecule has 0 spiro atoms. The molecule has 1 aromatic rings. The molecule has 3 N–H and O–H groups in total. The number of carbonyl (C=O) groups is 1. The number of nitrogens with one attached hydrogen (secondary N) is 1. The minimum atomic E-state index is -3.73. The highest BCUT2D eigenvalue weighted by Gasteiger charge is 2.18. The number of hydrogen-bond acceptors (Lipinski definition) is 6. The molecule has 0 heterocycles. The molecule has 0 fully saturated rings. The number of ether oxygens (including phenoxy) is 2. The van der Waals surface area contributed by atoms with Crippen LogP contribution in [0.15, 0.2) is 23.1 Å². The number of nitrogens with two attached hydrogens (primary N) is 1. The number of benzene rings is 1. The minimum Gasteiger partial charge on any atom is -0.465 e. The summed E-state index contributed by atoms with van der Waals surface area (Å²) in [4.78, 5) is 11.2. The topological polar surface area (TPSA) is 108 Å².